The molecule has 0 aliphatic heterocycles. The Morgan fingerprint density at radius 3 is 1.79 bits per heavy atom. The standard InChI is InChI=1S/C41H44N2/c1-30-7-16-36(17-8-30)40-20-15-32(29-43-40)10-12-34-26-33(27-38(28-34)35-21-23-41(2,3)24-22-35)11-9-31-13-18-37(19-14-31)39-6-4-5-25-42-39/h4-8,13-20,25-29,35H,9-12,21-24H2,1-3H3. The second-order valence-corrected chi connectivity index (χ2v) is 13.4. The fourth-order valence-electron chi connectivity index (χ4n) is 6.47. The van der Waals surface area contributed by atoms with E-state index in [1.54, 1.807) is 5.56 Å². The summed E-state index contributed by atoms with van der Waals surface area (Å²) in [5, 5.41) is 0. The summed E-state index contributed by atoms with van der Waals surface area (Å²) in [6.07, 6.45) is 13.3. The number of benzene rings is 3. The van der Waals surface area contributed by atoms with Gasteiger partial charge in [-0.25, -0.2) is 0 Å². The fraction of sp³-hybridized carbons (Fsp3) is 0.317. The van der Waals surface area contributed by atoms with Gasteiger partial charge in [-0.15, -0.1) is 0 Å². The van der Waals surface area contributed by atoms with E-state index in [4.69, 9.17) is 4.98 Å². The van der Waals surface area contributed by atoms with Crippen molar-refractivity contribution in [2.75, 3.05) is 0 Å². The lowest BCUT2D eigenvalue weighted by molar-refractivity contribution is 0.224. The minimum absolute atomic E-state index is 0.482. The second kappa shape index (κ2) is 13.1. The zero-order chi connectivity index (χ0) is 29.6. The van der Waals surface area contributed by atoms with Crippen molar-refractivity contribution in [3.05, 3.63) is 143 Å². The zero-order valence-corrected chi connectivity index (χ0v) is 26.0. The van der Waals surface area contributed by atoms with Crippen molar-refractivity contribution in [3.8, 4) is 22.5 Å². The lowest BCUT2D eigenvalue weighted by atomic mass is 9.71. The minimum atomic E-state index is 0.482. The monoisotopic (exact) mass is 564 g/mol. The average Bonchev–Trinajstić information content (AvgIpc) is 3.04. The molecule has 1 saturated carbocycles. The van der Waals surface area contributed by atoms with E-state index < -0.39 is 0 Å². The third kappa shape index (κ3) is 7.68. The number of aryl methyl sites for hydroxylation is 5. The highest BCUT2D eigenvalue weighted by atomic mass is 14.7. The minimum Gasteiger partial charge on any atom is -0.256 e. The van der Waals surface area contributed by atoms with E-state index >= 15 is 0 Å². The Morgan fingerprint density at radius 1 is 0.605 bits per heavy atom. The number of aromatic nitrogens is 2. The molecule has 0 atom stereocenters. The van der Waals surface area contributed by atoms with Crippen molar-refractivity contribution in [3.63, 3.8) is 0 Å². The van der Waals surface area contributed by atoms with Crippen LogP contribution in [0.15, 0.2) is 109 Å². The van der Waals surface area contributed by atoms with Crippen molar-refractivity contribution in [1.29, 1.82) is 0 Å². The summed E-state index contributed by atoms with van der Waals surface area (Å²) in [6.45, 7) is 6.99. The molecule has 1 aliphatic rings. The molecule has 0 N–H and O–H groups in total. The highest BCUT2D eigenvalue weighted by molar-refractivity contribution is 5.60. The van der Waals surface area contributed by atoms with Crippen molar-refractivity contribution >= 4 is 0 Å². The normalized spacial score (nSPS) is 15.0. The SMILES string of the molecule is Cc1ccc(-c2ccc(CCc3cc(CCc4ccc(-c5ccccn5)cc4)cc(C4CCC(C)(C)CC4)c3)cn2)cc1. The van der Waals surface area contributed by atoms with Crippen LogP contribution in [0.4, 0.5) is 0 Å². The Balaban J connectivity index is 1.16. The smallest absolute Gasteiger partial charge is 0.0702 e. The Hall–Kier alpha value is -4.04. The molecule has 2 nitrogen and oxygen atoms in total. The Bertz CT molecular complexity index is 1610. The van der Waals surface area contributed by atoms with Gasteiger partial charge in [-0.2, -0.15) is 0 Å². The molecular formula is C41H44N2. The van der Waals surface area contributed by atoms with Gasteiger partial charge in [-0.1, -0.05) is 98.3 Å². The third-order valence-corrected chi connectivity index (χ3v) is 9.38. The molecule has 2 aromatic heterocycles. The van der Waals surface area contributed by atoms with Crippen molar-refractivity contribution in [2.24, 2.45) is 5.41 Å². The van der Waals surface area contributed by atoms with Gasteiger partial charge in [0.1, 0.15) is 0 Å². The number of hydrogen-bond acceptors (Lipinski definition) is 2. The van der Waals surface area contributed by atoms with Gasteiger partial charge in [0.2, 0.25) is 0 Å². The van der Waals surface area contributed by atoms with Crippen LogP contribution in [0, 0.1) is 12.3 Å². The lowest BCUT2D eigenvalue weighted by Gasteiger charge is -2.34. The maximum absolute atomic E-state index is 4.80. The first-order valence-corrected chi connectivity index (χ1v) is 16.1. The van der Waals surface area contributed by atoms with E-state index in [1.807, 2.05) is 18.3 Å². The quantitative estimate of drug-likeness (QED) is 0.178. The van der Waals surface area contributed by atoms with Crippen LogP contribution in [0.3, 0.4) is 0 Å². The predicted octanol–water partition coefficient (Wildman–Crippen LogP) is 10.4. The Labute approximate surface area is 258 Å². The molecule has 2 heteroatoms. The molecule has 1 fully saturated rings. The fourth-order valence-corrected chi connectivity index (χ4v) is 6.47. The van der Waals surface area contributed by atoms with Gasteiger partial charge in [-0.05, 0) is 116 Å². The molecule has 0 spiro atoms. The molecule has 0 radical (unpaired) electrons. The van der Waals surface area contributed by atoms with Crippen LogP contribution in [0.25, 0.3) is 22.5 Å². The molecule has 0 amide bonds. The van der Waals surface area contributed by atoms with Crippen molar-refractivity contribution in [2.45, 2.75) is 78.1 Å². The summed E-state index contributed by atoms with van der Waals surface area (Å²) in [7, 11) is 0. The Kier molecular flexibility index (Phi) is 8.84. The Morgan fingerprint density at radius 2 is 1.19 bits per heavy atom. The van der Waals surface area contributed by atoms with E-state index in [1.165, 1.54) is 64.6 Å². The lowest BCUT2D eigenvalue weighted by Crippen LogP contribution is -2.20. The van der Waals surface area contributed by atoms with Crippen molar-refractivity contribution in [1.82, 2.24) is 9.97 Å². The van der Waals surface area contributed by atoms with E-state index in [0.29, 0.717) is 11.3 Å². The summed E-state index contributed by atoms with van der Waals surface area (Å²) in [4.78, 5) is 9.30. The number of rotatable bonds is 9. The molecule has 6 rings (SSSR count). The van der Waals surface area contributed by atoms with E-state index in [9.17, 15) is 0 Å². The molecule has 1 aliphatic carbocycles. The molecule has 0 bridgehead atoms. The largest absolute Gasteiger partial charge is 0.256 e. The van der Waals surface area contributed by atoms with Gasteiger partial charge >= 0.3 is 0 Å². The first-order valence-electron chi connectivity index (χ1n) is 16.1. The number of hydrogen-bond donors (Lipinski definition) is 0. The van der Waals surface area contributed by atoms with Crippen LogP contribution in [-0.2, 0) is 25.7 Å². The van der Waals surface area contributed by atoms with Crippen LogP contribution in [0.1, 0.15) is 78.8 Å². The van der Waals surface area contributed by atoms with Gasteiger partial charge in [0.15, 0.2) is 0 Å². The van der Waals surface area contributed by atoms with Gasteiger partial charge < -0.3 is 0 Å². The first-order chi connectivity index (χ1) is 20.9. The maximum Gasteiger partial charge on any atom is 0.0702 e. The first kappa shape index (κ1) is 29.1. The highest BCUT2D eigenvalue weighted by Crippen LogP contribution is 2.42. The van der Waals surface area contributed by atoms with Gasteiger partial charge in [0, 0.05) is 23.5 Å². The molecular weight excluding hydrogens is 520 g/mol. The average molecular weight is 565 g/mol. The molecule has 0 saturated heterocycles. The van der Waals surface area contributed by atoms with Gasteiger partial charge in [0.25, 0.3) is 0 Å². The van der Waals surface area contributed by atoms with Gasteiger partial charge in [0.05, 0.1) is 11.4 Å². The zero-order valence-electron chi connectivity index (χ0n) is 26.0. The summed E-state index contributed by atoms with van der Waals surface area (Å²) >= 11 is 0. The van der Waals surface area contributed by atoms with E-state index in [0.717, 1.165) is 37.1 Å². The van der Waals surface area contributed by atoms with Crippen LogP contribution in [-0.4, -0.2) is 9.97 Å². The van der Waals surface area contributed by atoms with E-state index in [-0.39, 0.29) is 0 Å². The van der Waals surface area contributed by atoms with Crippen molar-refractivity contribution < 1.29 is 0 Å². The molecule has 0 unspecified atom stereocenters. The number of nitrogens with zero attached hydrogens (tertiary/aromatic N) is 2. The predicted molar refractivity (Wildman–Crippen MR) is 180 cm³/mol. The van der Waals surface area contributed by atoms with Gasteiger partial charge in [-0.3, -0.25) is 9.97 Å². The number of pyridine rings is 2. The summed E-state index contributed by atoms with van der Waals surface area (Å²) < 4.78 is 0. The molecule has 3 aromatic carbocycles. The second-order valence-electron chi connectivity index (χ2n) is 13.4. The summed E-state index contributed by atoms with van der Waals surface area (Å²) in [5.41, 5.74) is 13.4. The third-order valence-electron chi connectivity index (χ3n) is 9.38. The van der Waals surface area contributed by atoms with Crippen LogP contribution in [0.5, 0.6) is 0 Å². The topological polar surface area (TPSA) is 25.8 Å². The van der Waals surface area contributed by atoms with E-state index in [2.05, 4.69) is 117 Å². The molecule has 2 heterocycles. The van der Waals surface area contributed by atoms with Crippen LogP contribution >= 0.6 is 0 Å². The summed E-state index contributed by atoms with van der Waals surface area (Å²) in [6, 6.07) is 35.6. The molecule has 218 valence electrons. The maximum atomic E-state index is 4.80. The van der Waals surface area contributed by atoms with Crippen LogP contribution in [0.2, 0.25) is 0 Å². The summed E-state index contributed by atoms with van der Waals surface area (Å²) in [5.74, 6) is 0.680. The molecule has 5 aromatic rings. The molecule has 43 heavy (non-hydrogen) atoms. The highest BCUT2D eigenvalue weighted by Gasteiger charge is 2.28. The van der Waals surface area contributed by atoms with Crippen LogP contribution < -0.4 is 0 Å².